The molecule has 0 amide bonds. The molecule has 32 heavy (non-hydrogen) atoms. The van der Waals surface area contributed by atoms with Crippen LogP contribution in [-0.2, 0) is 0 Å². The number of phenols is 4. The lowest BCUT2D eigenvalue weighted by molar-refractivity contribution is 0.0962. The van der Waals surface area contributed by atoms with Crippen LogP contribution in [-0.4, -0.2) is 40.4 Å². The van der Waals surface area contributed by atoms with Gasteiger partial charge in [-0.2, -0.15) is 0 Å². The summed E-state index contributed by atoms with van der Waals surface area (Å²) in [5.74, 6) is -0.675. The molecule has 0 saturated heterocycles. The maximum Gasteiger partial charge on any atom is 0.196 e. The fraction of sp³-hybridized carbons (Fsp3) is 0.125. The van der Waals surface area contributed by atoms with Crippen molar-refractivity contribution in [3.05, 3.63) is 70.8 Å². The van der Waals surface area contributed by atoms with E-state index in [-0.39, 0.29) is 45.7 Å². The van der Waals surface area contributed by atoms with Crippen LogP contribution >= 0.6 is 0 Å². The third kappa shape index (κ3) is 3.62. The van der Waals surface area contributed by atoms with E-state index in [0.29, 0.717) is 22.6 Å². The molecule has 1 unspecified atom stereocenters. The number of hydrogen-bond acceptors (Lipinski definition) is 8. The molecule has 1 atom stereocenters. The molecule has 0 aromatic heterocycles. The number of Topliss-reactive ketones (excluding diaryl/α,β-unsaturated/α-hetero) is 1. The van der Waals surface area contributed by atoms with E-state index in [1.54, 1.807) is 6.07 Å². The number of ether oxygens (including phenoxy) is 3. The molecule has 8 nitrogen and oxygen atoms in total. The molecule has 0 bridgehead atoms. The first-order chi connectivity index (χ1) is 15.3. The number of methoxy groups -OCH3 is 2. The van der Waals surface area contributed by atoms with Gasteiger partial charge in [0.15, 0.2) is 46.4 Å². The molecule has 1 heterocycles. The zero-order valence-electron chi connectivity index (χ0n) is 17.2. The van der Waals surface area contributed by atoms with Gasteiger partial charge in [0, 0.05) is 17.2 Å². The molecule has 4 rings (SSSR count). The predicted molar refractivity (Wildman–Crippen MR) is 115 cm³/mol. The van der Waals surface area contributed by atoms with Crippen LogP contribution in [0, 0.1) is 0 Å². The molecule has 1 aliphatic heterocycles. The minimum atomic E-state index is -0.935. The van der Waals surface area contributed by atoms with Gasteiger partial charge in [0.1, 0.15) is 5.75 Å². The van der Waals surface area contributed by atoms with E-state index < -0.39 is 6.10 Å². The molecule has 3 aromatic rings. The topological polar surface area (TPSA) is 126 Å². The van der Waals surface area contributed by atoms with Crippen LogP contribution in [0.25, 0.3) is 6.08 Å². The summed E-state index contributed by atoms with van der Waals surface area (Å²) < 4.78 is 16.7. The van der Waals surface area contributed by atoms with E-state index in [0.717, 1.165) is 0 Å². The van der Waals surface area contributed by atoms with E-state index >= 15 is 0 Å². The number of phenolic OH excluding ortho intramolecular Hbond substituents is 4. The molecule has 164 valence electrons. The van der Waals surface area contributed by atoms with E-state index in [1.165, 1.54) is 62.8 Å². The molecule has 0 aliphatic carbocycles. The lowest BCUT2D eigenvalue weighted by Gasteiger charge is -2.29. The first-order valence-corrected chi connectivity index (χ1v) is 9.55. The molecule has 1 aliphatic rings. The highest BCUT2D eigenvalue weighted by atomic mass is 16.5. The number of hydrogen-bond donors (Lipinski definition) is 4. The van der Waals surface area contributed by atoms with Gasteiger partial charge in [-0.3, -0.25) is 4.79 Å². The van der Waals surface area contributed by atoms with Crippen LogP contribution in [0.4, 0.5) is 0 Å². The van der Waals surface area contributed by atoms with Crippen LogP contribution in [0.15, 0.2) is 54.1 Å². The van der Waals surface area contributed by atoms with Gasteiger partial charge in [0.25, 0.3) is 0 Å². The Labute approximate surface area is 183 Å². The summed E-state index contributed by atoms with van der Waals surface area (Å²) in [5, 5.41) is 39.1. The summed E-state index contributed by atoms with van der Waals surface area (Å²) in [6.07, 6.45) is 0.589. The molecule has 8 heteroatoms. The van der Waals surface area contributed by atoms with Crippen LogP contribution in [0.1, 0.15) is 27.6 Å². The van der Waals surface area contributed by atoms with Crippen molar-refractivity contribution >= 4 is 11.9 Å². The standard InChI is InChI=1S/C24H20O8/c1-30-21-10-14-20(11-22(21)31-2)32-24(13-4-6-17(26)19(28)9-13)15(23(14)29)7-12-3-5-16(25)18(27)8-12/h3-11,24-28H,1-2H3/b15-7+. The zero-order valence-corrected chi connectivity index (χ0v) is 17.2. The Kier molecular flexibility index (Phi) is 5.28. The van der Waals surface area contributed by atoms with Crippen molar-refractivity contribution in [3.63, 3.8) is 0 Å². The third-order valence-electron chi connectivity index (χ3n) is 5.14. The van der Waals surface area contributed by atoms with Crippen molar-refractivity contribution in [2.75, 3.05) is 14.2 Å². The van der Waals surface area contributed by atoms with Gasteiger partial charge in [-0.05, 0) is 42.0 Å². The quantitative estimate of drug-likeness (QED) is 0.358. The number of carbonyl (C=O) groups is 1. The molecular formula is C24H20O8. The molecule has 0 fully saturated rings. The predicted octanol–water partition coefficient (Wildman–Crippen LogP) is 3.93. The van der Waals surface area contributed by atoms with Crippen molar-refractivity contribution in [3.8, 4) is 40.2 Å². The monoisotopic (exact) mass is 436 g/mol. The summed E-state index contributed by atoms with van der Waals surface area (Å²) in [6, 6.07) is 11.3. The Morgan fingerprint density at radius 2 is 1.44 bits per heavy atom. The Morgan fingerprint density at radius 3 is 2.06 bits per heavy atom. The minimum Gasteiger partial charge on any atom is -0.504 e. The summed E-state index contributed by atoms with van der Waals surface area (Å²) >= 11 is 0. The average molecular weight is 436 g/mol. The molecule has 3 aromatic carbocycles. The van der Waals surface area contributed by atoms with Gasteiger partial charge in [-0.1, -0.05) is 12.1 Å². The van der Waals surface area contributed by atoms with E-state index in [2.05, 4.69) is 0 Å². The van der Waals surface area contributed by atoms with Crippen LogP contribution in [0.5, 0.6) is 40.2 Å². The number of aromatic hydroxyl groups is 4. The van der Waals surface area contributed by atoms with E-state index in [9.17, 15) is 25.2 Å². The highest BCUT2D eigenvalue weighted by molar-refractivity contribution is 6.15. The Balaban J connectivity index is 1.90. The fourth-order valence-electron chi connectivity index (χ4n) is 3.50. The van der Waals surface area contributed by atoms with Gasteiger partial charge < -0.3 is 34.6 Å². The third-order valence-corrected chi connectivity index (χ3v) is 5.14. The molecular weight excluding hydrogens is 416 g/mol. The number of rotatable bonds is 4. The Hall–Kier alpha value is -4.33. The van der Waals surface area contributed by atoms with Gasteiger partial charge in [0.05, 0.1) is 19.8 Å². The summed E-state index contributed by atoms with van der Waals surface area (Å²) in [7, 11) is 2.92. The van der Waals surface area contributed by atoms with Crippen LogP contribution in [0.3, 0.4) is 0 Å². The van der Waals surface area contributed by atoms with E-state index in [1.807, 2.05) is 0 Å². The summed E-state index contributed by atoms with van der Waals surface area (Å²) in [5.41, 5.74) is 1.32. The second-order valence-electron chi connectivity index (χ2n) is 7.13. The number of fused-ring (bicyclic) bond motifs is 1. The van der Waals surface area contributed by atoms with Gasteiger partial charge in [-0.15, -0.1) is 0 Å². The second kappa shape index (κ2) is 8.07. The Morgan fingerprint density at radius 1 is 0.812 bits per heavy atom. The first-order valence-electron chi connectivity index (χ1n) is 9.55. The second-order valence-corrected chi connectivity index (χ2v) is 7.13. The summed E-state index contributed by atoms with van der Waals surface area (Å²) in [6.45, 7) is 0. The lowest BCUT2D eigenvalue weighted by Crippen LogP contribution is -2.24. The highest BCUT2D eigenvalue weighted by Crippen LogP contribution is 2.45. The Bertz CT molecular complexity index is 1240. The number of ketones is 1. The van der Waals surface area contributed by atoms with E-state index in [4.69, 9.17) is 14.2 Å². The minimum absolute atomic E-state index is 0.208. The van der Waals surface area contributed by atoms with Gasteiger partial charge in [-0.25, -0.2) is 0 Å². The van der Waals surface area contributed by atoms with Crippen molar-refractivity contribution in [1.29, 1.82) is 0 Å². The molecule has 4 N–H and O–H groups in total. The molecule has 0 radical (unpaired) electrons. The number of benzene rings is 3. The van der Waals surface area contributed by atoms with Gasteiger partial charge >= 0.3 is 0 Å². The average Bonchev–Trinajstić information content (AvgIpc) is 2.79. The van der Waals surface area contributed by atoms with Gasteiger partial charge in [0.2, 0.25) is 0 Å². The smallest absolute Gasteiger partial charge is 0.196 e. The van der Waals surface area contributed by atoms with Crippen molar-refractivity contribution in [2.24, 2.45) is 0 Å². The maximum absolute atomic E-state index is 13.5. The molecule has 0 saturated carbocycles. The summed E-state index contributed by atoms with van der Waals surface area (Å²) in [4.78, 5) is 13.5. The van der Waals surface area contributed by atoms with Crippen molar-refractivity contribution in [2.45, 2.75) is 6.10 Å². The highest BCUT2D eigenvalue weighted by Gasteiger charge is 2.35. The number of carbonyl (C=O) groups excluding carboxylic acids is 1. The normalized spacial score (nSPS) is 16.4. The van der Waals surface area contributed by atoms with Crippen LogP contribution < -0.4 is 14.2 Å². The van der Waals surface area contributed by atoms with Crippen LogP contribution in [0.2, 0.25) is 0 Å². The maximum atomic E-state index is 13.5. The first kappa shape index (κ1) is 20.9. The van der Waals surface area contributed by atoms with Crippen molar-refractivity contribution < 1.29 is 39.4 Å². The lowest BCUT2D eigenvalue weighted by atomic mass is 9.89. The zero-order chi connectivity index (χ0) is 23.0. The molecule has 0 spiro atoms. The van der Waals surface area contributed by atoms with Crippen molar-refractivity contribution in [1.82, 2.24) is 0 Å². The SMILES string of the molecule is COc1cc2c(cc1OC)C(=O)/C(=C\c1ccc(O)c(O)c1)C(c1ccc(O)c(O)c1)O2. The fourth-order valence-corrected chi connectivity index (χ4v) is 3.50. The largest absolute Gasteiger partial charge is 0.504 e.